The Morgan fingerprint density at radius 1 is 0.407 bits per heavy atom. The van der Waals surface area contributed by atoms with E-state index in [1.165, 1.54) is 0 Å². The van der Waals surface area contributed by atoms with Gasteiger partial charge in [0.25, 0.3) is 0 Å². The van der Waals surface area contributed by atoms with Gasteiger partial charge in [0.15, 0.2) is 5.78 Å². The Labute approximate surface area is 314 Å². The fraction of sp³-hybridized carbons (Fsp3) is 0.390. The summed E-state index contributed by atoms with van der Waals surface area (Å²) in [5.74, 6) is 1.62. The monoisotopic (exact) mass is 750 g/mol. The van der Waals surface area contributed by atoms with Crippen LogP contribution in [-0.2, 0) is 22.3 Å². The molecule has 0 heterocycles. The van der Waals surface area contributed by atoms with E-state index in [4.69, 9.17) is 38.6 Å². The minimum Gasteiger partial charge on any atom is -0.491 e. The Kier molecular flexibility index (Phi) is 18.2. The van der Waals surface area contributed by atoms with E-state index in [2.05, 4.69) is 0 Å². The molecule has 0 radical (unpaired) electrons. The molecule has 0 spiro atoms. The van der Waals surface area contributed by atoms with Crippen LogP contribution in [0.15, 0.2) is 72.8 Å². The van der Waals surface area contributed by atoms with Gasteiger partial charge in [-0.15, -0.1) is 0 Å². The molecule has 0 amide bonds. The molecule has 0 unspecified atom stereocenters. The van der Waals surface area contributed by atoms with Crippen LogP contribution >= 0.6 is 0 Å². The summed E-state index contributed by atoms with van der Waals surface area (Å²) in [5, 5.41) is 57.1. The lowest BCUT2D eigenvalue weighted by molar-refractivity contribution is 0.0702. The predicted octanol–water partition coefficient (Wildman–Crippen LogP) is 2.84. The van der Waals surface area contributed by atoms with E-state index in [1.807, 2.05) is 0 Å². The highest BCUT2D eigenvalue weighted by Gasteiger charge is 2.26. The lowest BCUT2D eigenvalue weighted by Gasteiger charge is -2.22. The number of ether oxygens (including phenoxy) is 6. The first kappa shape index (κ1) is 42.2. The highest BCUT2D eigenvalue weighted by atomic mass is 16.5. The van der Waals surface area contributed by atoms with Crippen LogP contribution in [-0.4, -0.2) is 129 Å². The normalized spacial score (nSPS) is 11.1. The zero-order valence-corrected chi connectivity index (χ0v) is 30.3. The van der Waals surface area contributed by atoms with Crippen molar-refractivity contribution in [3.8, 4) is 45.3 Å². The van der Waals surface area contributed by atoms with E-state index in [0.29, 0.717) is 67.5 Å². The minimum absolute atomic E-state index is 0.114. The van der Waals surface area contributed by atoms with Crippen LogP contribution in [0.3, 0.4) is 0 Å². The first-order valence-electron chi connectivity index (χ1n) is 17.9. The summed E-state index contributed by atoms with van der Waals surface area (Å²) in [6, 6.07) is 20.9. The van der Waals surface area contributed by atoms with Gasteiger partial charge in [-0.05, 0) is 83.6 Å². The summed E-state index contributed by atoms with van der Waals surface area (Å²) >= 11 is 0. The third kappa shape index (κ3) is 11.7. The molecule has 0 atom stereocenters. The fourth-order valence-corrected chi connectivity index (χ4v) is 5.95. The largest absolute Gasteiger partial charge is 0.491 e. The highest BCUT2D eigenvalue weighted by Crippen LogP contribution is 2.41. The van der Waals surface area contributed by atoms with Crippen molar-refractivity contribution in [2.75, 3.05) is 92.5 Å². The van der Waals surface area contributed by atoms with Crippen molar-refractivity contribution < 1.29 is 63.9 Å². The molecule has 13 nitrogen and oxygen atoms in total. The molecule has 4 rings (SSSR count). The topological polar surface area (TPSA) is 194 Å². The van der Waals surface area contributed by atoms with Crippen molar-refractivity contribution in [2.24, 2.45) is 0 Å². The standard InChI is InChI=1S/C41H50O13/c42-15-13-33-37(53-27-25-49-21-17-44)11-9-35(39(33)29-1-5-31(6-2-29)51-23-19-46)41(48)36-10-12-38(54-28-26-50-22-18-45)34(14-16-43)40(36)30-3-7-32(8-4-30)52-24-20-47/h1-12,42-47H,13-28H2. The molecular weight excluding hydrogens is 700 g/mol. The number of ketones is 1. The number of hydrogen-bond donors (Lipinski definition) is 6. The van der Waals surface area contributed by atoms with Crippen molar-refractivity contribution >= 4 is 5.78 Å². The van der Waals surface area contributed by atoms with E-state index >= 15 is 4.79 Å². The number of carbonyl (C=O) groups is 1. The van der Waals surface area contributed by atoms with Gasteiger partial charge >= 0.3 is 0 Å². The van der Waals surface area contributed by atoms with Gasteiger partial charge < -0.3 is 59.1 Å². The molecule has 0 aromatic heterocycles. The van der Waals surface area contributed by atoms with E-state index in [-0.39, 0.29) is 111 Å². The average Bonchev–Trinajstić information content (AvgIpc) is 3.20. The lowest BCUT2D eigenvalue weighted by atomic mass is 9.84. The third-order valence-electron chi connectivity index (χ3n) is 8.20. The Morgan fingerprint density at radius 3 is 1.15 bits per heavy atom. The van der Waals surface area contributed by atoms with Crippen LogP contribution < -0.4 is 18.9 Å². The quantitative estimate of drug-likeness (QED) is 0.0406. The molecule has 13 heteroatoms. The maximum atomic E-state index is 15.1. The highest BCUT2D eigenvalue weighted by molar-refractivity contribution is 6.17. The second-order valence-corrected chi connectivity index (χ2v) is 11.8. The molecule has 0 aliphatic rings. The number of benzene rings is 4. The van der Waals surface area contributed by atoms with Crippen LogP contribution in [0.25, 0.3) is 22.3 Å². The summed E-state index contributed by atoms with van der Waals surface area (Å²) in [6.07, 6.45) is 0.324. The van der Waals surface area contributed by atoms with Gasteiger partial charge in [0.1, 0.15) is 49.4 Å². The lowest BCUT2D eigenvalue weighted by Crippen LogP contribution is -2.14. The third-order valence-corrected chi connectivity index (χ3v) is 8.20. The van der Waals surface area contributed by atoms with Crippen LogP contribution in [0, 0.1) is 0 Å². The molecule has 4 aromatic rings. The Morgan fingerprint density at radius 2 is 0.796 bits per heavy atom. The molecule has 54 heavy (non-hydrogen) atoms. The number of hydrogen-bond acceptors (Lipinski definition) is 13. The molecule has 4 aromatic carbocycles. The smallest absolute Gasteiger partial charge is 0.194 e. The SMILES string of the molecule is O=C(c1ccc(OCCOCCO)c(CCO)c1-c1ccc(OCCO)cc1)c1ccc(OCCOCCO)c(CCO)c1-c1ccc(OCCO)cc1. The molecule has 0 saturated heterocycles. The van der Waals surface area contributed by atoms with E-state index in [0.717, 1.165) is 0 Å². The van der Waals surface area contributed by atoms with Crippen LogP contribution in [0.4, 0.5) is 0 Å². The molecular formula is C41H50O13. The Hall–Kier alpha value is -4.57. The molecule has 0 aliphatic carbocycles. The van der Waals surface area contributed by atoms with Gasteiger partial charge in [-0.2, -0.15) is 0 Å². The molecule has 0 fully saturated rings. The minimum atomic E-state index is -0.338. The second kappa shape index (κ2) is 23.3. The molecule has 0 bridgehead atoms. The number of aliphatic hydroxyl groups is 6. The number of carbonyl (C=O) groups excluding carboxylic acids is 1. The van der Waals surface area contributed by atoms with Crippen LogP contribution in [0.2, 0.25) is 0 Å². The van der Waals surface area contributed by atoms with Crippen molar-refractivity contribution in [3.05, 3.63) is 95.1 Å². The van der Waals surface area contributed by atoms with Gasteiger partial charge in [0, 0.05) is 35.5 Å². The maximum Gasteiger partial charge on any atom is 0.194 e. The Bertz CT molecular complexity index is 1580. The summed E-state index contributed by atoms with van der Waals surface area (Å²) < 4.78 is 34.1. The Balaban J connectivity index is 1.90. The van der Waals surface area contributed by atoms with Crippen molar-refractivity contribution in [3.63, 3.8) is 0 Å². The molecule has 0 aliphatic heterocycles. The van der Waals surface area contributed by atoms with Gasteiger partial charge in [-0.3, -0.25) is 4.79 Å². The first-order valence-corrected chi connectivity index (χ1v) is 17.9. The molecule has 6 N–H and O–H groups in total. The average molecular weight is 751 g/mol. The van der Waals surface area contributed by atoms with Crippen molar-refractivity contribution in [1.29, 1.82) is 0 Å². The summed E-state index contributed by atoms with van der Waals surface area (Å²) in [4.78, 5) is 15.1. The summed E-state index contributed by atoms with van der Waals surface area (Å²) in [5.41, 5.74) is 4.25. The van der Waals surface area contributed by atoms with Crippen molar-refractivity contribution in [1.82, 2.24) is 0 Å². The summed E-state index contributed by atoms with van der Waals surface area (Å²) in [7, 11) is 0. The number of rotatable bonds is 26. The van der Waals surface area contributed by atoms with Crippen LogP contribution in [0.1, 0.15) is 27.0 Å². The fourth-order valence-electron chi connectivity index (χ4n) is 5.95. The zero-order valence-electron chi connectivity index (χ0n) is 30.3. The molecule has 292 valence electrons. The molecule has 0 saturated carbocycles. The predicted molar refractivity (Wildman–Crippen MR) is 201 cm³/mol. The van der Waals surface area contributed by atoms with E-state index in [1.54, 1.807) is 72.8 Å². The van der Waals surface area contributed by atoms with Gasteiger partial charge in [-0.1, -0.05) is 24.3 Å². The van der Waals surface area contributed by atoms with Crippen LogP contribution in [0.5, 0.6) is 23.0 Å². The van der Waals surface area contributed by atoms with Gasteiger partial charge in [-0.25, -0.2) is 0 Å². The van der Waals surface area contributed by atoms with E-state index < -0.39 is 0 Å². The van der Waals surface area contributed by atoms with E-state index in [9.17, 15) is 20.4 Å². The van der Waals surface area contributed by atoms with Crippen molar-refractivity contribution in [2.45, 2.75) is 12.8 Å². The maximum absolute atomic E-state index is 15.1. The first-order chi connectivity index (χ1) is 26.5. The van der Waals surface area contributed by atoms with Gasteiger partial charge in [0.2, 0.25) is 0 Å². The summed E-state index contributed by atoms with van der Waals surface area (Å²) in [6.45, 7) is 0.315. The zero-order chi connectivity index (χ0) is 38.5. The van der Waals surface area contributed by atoms with Gasteiger partial charge in [0.05, 0.1) is 52.9 Å². The number of aliphatic hydroxyl groups excluding tert-OH is 6. The second-order valence-electron chi connectivity index (χ2n) is 11.8.